The van der Waals surface area contributed by atoms with Crippen LogP contribution in [0.2, 0.25) is 0 Å². The number of anilines is 2. The normalized spacial score (nSPS) is 14.0. The third kappa shape index (κ3) is 1.57. The van der Waals surface area contributed by atoms with Crippen molar-refractivity contribution in [2.24, 2.45) is 0 Å². The van der Waals surface area contributed by atoms with Crippen molar-refractivity contribution < 1.29 is 0 Å². The lowest BCUT2D eigenvalue weighted by Gasteiger charge is -2.19. The molecule has 0 bridgehead atoms. The first-order valence-electron chi connectivity index (χ1n) is 6.35. The van der Waals surface area contributed by atoms with Crippen LogP contribution in [0, 0.1) is 0 Å². The average molecular weight is 250 g/mol. The van der Waals surface area contributed by atoms with Crippen LogP contribution in [-0.2, 0) is 13.1 Å². The number of fused-ring (bicyclic) bond motifs is 2. The lowest BCUT2D eigenvalue weighted by atomic mass is 10.1. The fourth-order valence-corrected chi connectivity index (χ4v) is 2.77. The second-order valence-electron chi connectivity index (χ2n) is 4.99. The maximum Gasteiger partial charge on any atom is 0.0672 e. The number of nitrogen functional groups attached to an aromatic ring is 1. The largest absolute Gasteiger partial charge is 0.397 e. The number of aromatic amines is 1. The maximum atomic E-state index is 6.18. The van der Waals surface area contributed by atoms with Crippen molar-refractivity contribution in [2.75, 3.05) is 10.6 Å². The highest BCUT2D eigenvalue weighted by molar-refractivity contribution is 5.89. The standard InChI is InChI=1S/C15H14N4/c16-13-5-12-7-17-18-14(12)6-15(13)19-8-10-3-1-2-4-11(10)9-19/h1-7H,8-9,16H2,(H,17,18). The molecule has 0 spiro atoms. The SMILES string of the molecule is Nc1cc2cn[nH]c2cc1N1Cc2ccccc2C1. The molecule has 94 valence electrons. The van der Waals surface area contributed by atoms with E-state index in [-0.39, 0.29) is 0 Å². The first kappa shape index (κ1) is 10.4. The monoisotopic (exact) mass is 250 g/mol. The summed E-state index contributed by atoms with van der Waals surface area (Å²) in [6.07, 6.45) is 1.80. The zero-order valence-corrected chi connectivity index (χ0v) is 10.4. The number of rotatable bonds is 1. The zero-order chi connectivity index (χ0) is 12.8. The number of hydrogen-bond donors (Lipinski definition) is 2. The molecule has 19 heavy (non-hydrogen) atoms. The highest BCUT2D eigenvalue weighted by atomic mass is 15.2. The summed E-state index contributed by atoms with van der Waals surface area (Å²) in [5.41, 5.74) is 11.9. The number of nitrogens with one attached hydrogen (secondary N) is 1. The van der Waals surface area contributed by atoms with Gasteiger partial charge in [0.15, 0.2) is 0 Å². The van der Waals surface area contributed by atoms with Crippen molar-refractivity contribution in [1.82, 2.24) is 10.2 Å². The van der Waals surface area contributed by atoms with E-state index < -0.39 is 0 Å². The van der Waals surface area contributed by atoms with Crippen LogP contribution in [0.1, 0.15) is 11.1 Å². The van der Waals surface area contributed by atoms with Gasteiger partial charge in [-0.25, -0.2) is 0 Å². The molecule has 0 radical (unpaired) electrons. The van der Waals surface area contributed by atoms with Gasteiger partial charge in [0.05, 0.1) is 23.1 Å². The van der Waals surface area contributed by atoms with Gasteiger partial charge in [-0.05, 0) is 23.3 Å². The van der Waals surface area contributed by atoms with Crippen LogP contribution in [0.4, 0.5) is 11.4 Å². The predicted molar refractivity (Wildman–Crippen MR) is 76.8 cm³/mol. The molecule has 3 N–H and O–H groups in total. The topological polar surface area (TPSA) is 57.9 Å². The van der Waals surface area contributed by atoms with E-state index in [4.69, 9.17) is 5.73 Å². The van der Waals surface area contributed by atoms with Crippen LogP contribution in [0.5, 0.6) is 0 Å². The van der Waals surface area contributed by atoms with Crippen LogP contribution in [0.15, 0.2) is 42.6 Å². The number of hydrogen-bond acceptors (Lipinski definition) is 3. The number of benzene rings is 2. The summed E-state index contributed by atoms with van der Waals surface area (Å²) in [7, 11) is 0. The van der Waals surface area contributed by atoms with E-state index in [9.17, 15) is 0 Å². The maximum absolute atomic E-state index is 6.18. The minimum absolute atomic E-state index is 0.807. The van der Waals surface area contributed by atoms with Crippen LogP contribution in [0.25, 0.3) is 10.9 Å². The molecule has 3 aromatic rings. The highest BCUT2D eigenvalue weighted by Gasteiger charge is 2.20. The van der Waals surface area contributed by atoms with Crippen LogP contribution >= 0.6 is 0 Å². The molecule has 4 heteroatoms. The fourth-order valence-electron chi connectivity index (χ4n) is 2.77. The third-order valence-corrected chi connectivity index (χ3v) is 3.77. The van der Waals surface area contributed by atoms with Crippen LogP contribution < -0.4 is 10.6 Å². The van der Waals surface area contributed by atoms with Crippen molar-refractivity contribution in [2.45, 2.75) is 13.1 Å². The van der Waals surface area contributed by atoms with Crippen LogP contribution in [-0.4, -0.2) is 10.2 Å². The molecule has 2 aromatic carbocycles. The summed E-state index contributed by atoms with van der Waals surface area (Å²) in [6, 6.07) is 12.6. The first-order chi connectivity index (χ1) is 9.31. The third-order valence-electron chi connectivity index (χ3n) is 3.77. The number of nitrogens with zero attached hydrogens (tertiary/aromatic N) is 2. The number of nitrogens with two attached hydrogens (primary N) is 1. The summed E-state index contributed by atoms with van der Waals surface area (Å²) in [5.74, 6) is 0. The Morgan fingerprint density at radius 3 is 2.58 bits per heavy atom. The van der Waals surface area contributed by atoms with Gasteiger partial charge in [-0.15, -0.1) is 0 Å². The average Bonchev–Trinajstić information content (AvgIpc) is 3.02. The van der Waals surface area contributed by atoms with Gasteiger partial charge in [0.2, 0.25) is 0 Å². The molecule has 0 fully saturated rings. The van der Waals surface area contributed by atoms with Gasteiger partial charge in [0, 0.05) is 18.5 Å². The molecule has 0 aliphatic carbocycles. The molecular weight excluding hydrogens is 236 g/mol. The van der Waals surface area contributed by atoms with Gasteiger partial charge >= 0.3 is 0 Å². The minimum Gasteiger partial charge on any atom is -0.397 e. The second kappa shape index (κ2) is 3.75. The zero-order valence-electron chi connectivity index (χ0n) is 10.4. The summed E-state index contributed by atoms with van der Waals surface area (Å²) in [4.78, 5) is 2.31. The highest BCUT2D eigenvalue weighted by Crippen LogP contribution is 2.34. The molecule has 0 saturated carbocycles. The van der Waals surface area contributed by atoms with E-state index in [2.05, 4.69) is 45.4 Å². The summed E-state index contributed by atoms with van der Waals surface area (Å²) in [6.45, 7) is 1.83. The molecule has 1 aromatic heterocycles. The van der Waals surface area contributed by atoms with Gasteiger partial charge in [-0.3, -0.25) is 5.10 Å². The van der Waals surface area contributed by atoms with E-state index in [1.54, 1.807) is 6.20 Å². The van der Waals surface area contributed by atoms with Gasteiger partial charge in [-0.2, -0.15) is 5.10 Å². The molecule has 0 atom stereocenters. The Bertz CT molecular complexity index is 735. The molecule has 0 unspecified atom stereocenters. The minimum atomic E-state index is 0.807. The Balaban J connectivity index is 1.78. The van der Waals surface area contributed by atoms with Crippen molar-refractivity contribution in [3.05, 3.63) is 53.7 Å². The van der Waals surface area contributed by atoms with E-state index in [1.807, 2.05) is 6.07 Å². The Kier molecular flexibility index (Phi) is 2.06. The predicted octanol–water partition coefficient (Wildman–Crippen LogP) is 2.67. The van der Waals surface area contributed by atoms with E-state index in [0.29, 0.717) is 0 Å². The fraction of sp³-hybridized carbons (Fsp3) is 0.133. The number of aromatic nitrogens is 2. The second-order valence-corrected chi connectivity index (χ2v) is 4.99. The van der Waals surface area contributed by atoms with Gasteiger partial charge < -0.3 is 10.6 Å². The van der Waals surface area contributed by atoms with Gasteiger partial charge in [-0.1, -0.05) is 24.3 Å². The van der Waals surface area contributed by atoms with Crippen molar-refractivity contribution in [3.63, 3.8) is 0 Å². The summed E-state index contributed by atoms with van der Waals surface area (Å²) >= 11 is 0. The Morgan fingerprint density at radius 1 is 1.11 bits per heavy atom. The molecule has 1 aliphatic rings. The summed E-state index contributed by atoms with van der Waals surface area (Å²) < 4.78 is 0. The lowest BCUT2D eigenvalue weighted by molar-refractivity contribution is 0.883. The van der Waals surface area contributed by atoms with Crippen LogP contribution in [0.3, 0.4) is 0 Å². The van der Waals surface area contributed by atoms with Crippen molar-refractivity contribution in [3.8, 4) is 0 Å². The lowest BCUT2D eigenvalue weighted by Crippen LogP contribution is -2.16. The molecule has 0 amide bonds. The van der Waals surface area contributed by atoms with Gasteiger partial charge in [0.25, 0.3) is 0 Å². The van der Waals surface area contributed by atoms with Crippen molar-refractivity contribution in [1.29, 1.82) is 0 Å². The Hall–Kier alpha value is -2.49. The van der Waals surface area contributed by atoms with Gasteiger partial charge in [0.1, 0.15) is 0 Å². The number of H-pyrrole nitrogens is 1. The molecule has 2 heterocycles. The quantitative estimate of drug-likeness (QED) is 0.653. The molecule has 0 saturated heterocycles. The van der Waals surface area contributed by atoms with E-state index >= 15 is 0 Å². The Morgan fingerprint density at radius 2 is 1.84 bits per heavy atom. The van der Waals surface area contributed by atoms with Crippen molar-refractivity contribution >= 4 is 22.3 Å². The molecule has 4 rings (SSSR count). The summed E-state index contributed by atoms with van der Waals surface area (Å²) in [5, 5.41) is 8.10. The molecule has 4 nitrogen and oxygen atoms in total. The Labute approximate surface area is 110 Å². The smallest absolute Gasteiger partial charge is 0.0672 e. The van der Waals surface area contributed by atoms with E-state index in [0.717, 1.165) is 35.4 Å². The van der Waals surface area contributed by atoms with E-state index in [1.165, 1.54) is 11.1 Å². The first-order valence-corrected chi connectivity index (χ1v) is 6.35. The molecular formula is C15H14N4. The molecule has 1 aliphatic heterocycles.